The molecule has 30 heavy (non-hydrogen) atoms. The number of aromatic nitrogens is 3. The Kier molecular flexibility index (Phi) is 5.90. The van der Waals surface area contributed by atoms with Gasteiger partial charge in [0.05, 0.1) is 19.3 Å². The zero-order chi connectivity index (χ0) is 21.3. The van der Waals surface area contributed by atoms with Crippen LogP contribution in [0.4, 0.5) is 11.6 Å². The van der Waals surface area contributed by atoms with E-state index in [0.717, 1.165) is 55.0 Å². The van der Waals surface area contributed by atoms with E-state index < -0.39 is 0 Å². The van der Waals surface area contributed by atoms with Crippen LogP contribution in [0.1, 0.15) is 49.7 Å². The van der Waals surface area contributed by atoms with Crippen LogP contribution in [0.2, 0.25) is 0 Å². The Hall–Kier alpha value is -2.67. The molecule has 0 spiro atoms. The summed E-state index contributed by atoms with van der Waals surface area (Å²) in [4.78, 5) is 21.1. The summed E-state index contributed by atoms with van der Waals surface area (Å²) in [6.07, 6.45) is 4.15. The number of aryl methyl sites for hydroxylation is 2. The number of nitrogens with zero attached hydrogens (tertiary/aromatic N) is 6. The second kappa shape index (κ2) is 8.60. The van der Waals surface area contributed by atoms with Gasteiger partial charge in [0, 0.05) is 31.6 Å². The average Bonchev–Trinajstić information content (AvgIpc) is 2.94. The normalized spacial score (nSPS) is 22.4. The summed E-state index contributed by atoms with van der Waals surface area (Å²) >= 11 is 0. The van der Waals surface area contributed by atoms with E-state index in [9.17, 15) is 0 Å². The van der Waals surface area contributed by atoms with E-state index >= 15 is 0 Å². The number of hydrogen-bond donors (Lipinski definition) is 1. The number of anilines is 2. The smallest absolute Gasteiger partial charge is 0.291 e. The van der Waals surface area contributed by atoms with Crippen LogP contribution in [-0.2, 0) is 0 Å². The Morgan fingerprint density at radius 1 is 1.17 bits per heavy atom. The van der Waals surface area contributed by atoms with Crippen LogP contribution in [0, 0.1) is 13.8 Å². The zero-order valence-electron chi connectivity index (χ0n) is 18.7. The van der Waals surface area contributed by atoms with Gasteiger partial charge in [0.25, 0.3) is 5.84 Å². The van der Waals surface area contributed by atoms with Crippen LogP contribution < -0.4 is 5.32 Å². The van der Waals surface area contributed by atoms with Crippen molar-refractivity contribution in [2.45, 2.75) is 52.5 Å². The molecule has 0 saturated carbocycles. The highest BCUT2D eigenvalue weighted by Gasteiger charge is 2.32. The molecule has 2 unspecified atom stereocenters. The Morgan fingerprint density at radius 2 is 2.00 bits per heavy atom. The second-order valence-corrected chi connectivity index (χ2v) is 8.58. The van der Waals surface area contributed by atoms with Crippen LogP contribution in [0.15, 0.2) is 29.4 Å². The number of rotatable bonds is 5. The molecule has 4 rings (SSSR count). The van der Waals surface area contributed by atoms with Gasteiger partial charge < -0.3 is 5.32 Å². The first-order chi connectivity index (χ1) is 14.4. The standard InChI is InChI=1S/C23H32N7/c1-15-8-9-24-22(11-15)28-23-12-20(25-17(3)26-23)19-7-6-10-30(13-19)14-21-16(2)29(5)18(4)27-21/h8-9,11-12,16,19H,6-7,10,13-14H2,1-5H3,(H,24,25,26,28)/q+1. The number of likely N-dealkylation sites (tertiary alicyclic amines) is 1. The predicted octanol–water partition coefficient (Wildman–Crippen LogP) is 3.32. The third-order valence-corrected chi connectivity index (χ3v) is 6.22. The molecule has 2 aromatic rings. The average molecular weight is 407 g/mol. The molecule has 2 atom stereocenters. The molecule has 7 heteroatoms. The summed E-state index contributed by atoms with van der Waals surface area (Å²) in [7, 11) is 2.12. The van der Waals surface area contributed by atoms with Gasteiger partial charge in [-0.3, -0.25) is 9.48 Å². The number of amidine groups is 1. The van der Waals surface area contributed by atoms with Gasteiger partial charge in [-0.05, 0) is 57.9 Å². The van der Waals surface area contributed by atoms with Crippen LogP contribution in [-0.4, -0.2) is 68.7 Å². The van der Waals surface area contributed by atoms with Crippen molar-refractivity contribution in [2.75, 3.05) is 32.0 Å². The first-order valence-electron chi connectivity index (χ1n) is 10.8. The molecular formula is C23H32N7+. The Labute approximate surface area is 179 Å². The van der Waals surface area contributed by atoms with Gasteiger partial charge in [-0.1, -0.05) is 4.99 Å². The van der Waals surface area contributed by atoms with Gasteiger partial charge in [-0.2, -0.15) is 0 Å². The molecule has 2 aliphatic rings. The molecule has 7 nitrogen and oxygen atoms in total. The van der Waals surface area contributed by atoms with Crippen molar-refractivity contribution in [1.82, 2.24) is 19.9 Å². The summed E-state index contributed by atoms with van der Waals surface area (Å²) in [6, 6.07) is 6.49. The lowest BCUT2D eigenvalue weighted by atomic mass is 9.94. The summed E-state index contributed by atoms with van der Waals surface area (Å²) in [5.74, 6) is 3.94. The number of pyridine rings is 1. The number of hydrogen-bond acceptors (Lipinski definition) is 6. The molecule has 0 radical (unpaired) electrons. The maximum absolute atomic E-state index is 4.80. The molecule has 0 amide bonds. The molecule has 0 aromatic carbocycles. The molecule has 4 heterocycles. The fourth-order valence-corrected chi connectivity index (χ4v) is 4.32. The largest absolute Gasteiger partial charge is 0.325 e. The predicted molar refractivity (Wildman–Crippen MR) is 121 cm³/mol. The van der Waals surface area contributed by atoms with Gasteiger partial charge in [0.2, 0.25) is 0 Å². The van der Waals surface area contributed by atoms with Crippen molar-refractivity contribution in [1.29, 1.82) is 0 Å². The lowest BCUT2D eigenvalue weighted by Crippen LogP contribution is -2.41. The molecule has 1 fully saturated rings. The van der Waals surface area contributed by atoms with Crippen LogP contribution >= 0.6 is 0 Å². The lowest BCUT2D eigenvalue weighted by molar-refractivity contribution is -0.512. The van der Waals surface area contributed by atoms with Crippen molar-refractivity contribution in [2.24, 2.45) is 4.99 Å². The highest BCUT2D eigenvalue weighted by Crippen LogP contribution is 2.28. The maximum Gasteiger partial charge on any atom is 0.291 e. The monoisotopic (exact) mass is 406 g/mol. The van der Waals surface area contributed by atoms with Crippen molar-refractivity contribution >= 4 is 23.2 Å². The third kappa shape index (κ3) is 4.56. The second-order valence-electron chi connectivity index (χ2n) is 8.58. The van der Waals surface area contributed by atoms with Gasteiger partial charge >= 0.3 is 0 Å². The van der Waals surface area contributed by atoms with Gasteiger partial charge in [-0.15, -0.1) is 0 Å². The molecule has 1 saturated heterocycles. The fraction of sp³-hybridized carbons (Fsp3) is 0.522. The van der Waals surface area contributed by atoms with E-state index in [4.69, 9.17) is 9.98 Å². The van der Waals surface area contributed by atoms with Gasteiger partial charge in [0.1, 0.15) is 17.5 Å². The Bertz CT molecular complexity index is 995. The molecule has 1 N–H and O–H groups in total. The Balaban J connectivity index is 1.47. The van der Waals surface area contributed by atoms with Crippen molar-refractivity contribution in [3.8, 4) is 0 Å². The van der Waals surface area contributed by atoms with Gasteiger partial charge in [0.15, 0.2) is 11.8 Å². The summed E-state index contributed by atoms with van der Waals surface area (Å²) < 4.78 is 2.25. The number of piperidine rings is 1. The van der Waals surface area contributed by atoms with Gasteiger partial charge in [-0.25, -0.2) is 15.0 Å². The minimum absolute atomic E-state index is 0.379. The maximum atomic E-state index is 4.80. The molecule has 0 bridgehead atoms. The molecule has 2 aliphatic heterocycles. The fourth-order valence-electron chi connectivity index (χ4n) is 4.32. The molecule has 2 aromatic heterocycles. The van der Waals surface area contributed by atoms with Crippen molar-refractivity contribution in [3.05, 3.63) is 41.5 Å². The van der Waals surface area contributed by atoms with Crippen LogP contribution in [0.3, 0.4) is 0 Å². The van der Waals surface area contributed by atoms with E-state index in [1.807, 2.05) is 25.3 Å². The van der Waals surface area contributed by atoms with E-state index in [1.165, 1.54) is 17.7 Å². The number of aliphatic imine (C=N–C) groups is 1. The van der Waals surface area contributed by atoms with Crippen LogP contribution in [0.25, 0.3) is 0 Å². The van der Waals surface area contributed by atoms with Crippen molar-refractivity contribution < 1.29 is 4.58 Å². The van der Waals surface area contributed by atoms with Crippen LogP contribution in [0.5, 0.6) is 0 Å². The zero-order valence-corrected chi connectivity index (χ0v) is 18.7. The minimum atomic E-state index is 0.379. The molecule has 0 aliphatic carbocycles. The summed E-state index contributed by atoms with van der Waals surface area (Å²) in [6.45, 7) is 11.4. The topological polar surface area (TPSA) is 69.3 Å². The molecular weight excluding hydrogens is 374 g/mol. The van der Waals surface area contributed by atoms with E-state index in [0.29, 0.717) is 12.0 Å². The first kappa shape index (κ1) is 20.6. The SMILES string of the molecule is CC1=[N+](C)C(C)C(CN2CCCC(c3cc(Nc4cc(C)ccn4)nc(C)n3)C2)=N1. The summed E-state index contributed by atoms with van der Waals surface area (Å²) in [5, 5.41) is 3.35. The summed E-state index contributed by atoms with van der Waals surface area (Å²) in [5.41, 5.74) is 3.55. The van der Waals surface area contributed by atoms with E-state index in [1.54, 1.807) is 0 Å². The third-order valence-electron chi connectivity index (χ3n) is 6.22. The quantitative estimate of drug-likeness (QED) is 0.772. The number of nitrogens with one attached hydrogen (secondary N) is 1. The lowest BCUT2D eigenvalue weighted by Gasteiger charge is -2.32. The van der Waals surface area contributed by atoms with Crippen molar-refractivity contribution in [3.63, 3.8) is 0 Å². The van der Waals surface area contributed by atoms with E-state index in [-0.39, 0.29) is 0 Å². The molecule has 158 valence electrons. The Morgan fingerprint density at radius 3 is 2.73 bits per heavy atom. The highest BCUT2D eigenvalue weighted by atomic mass is 15.2. The highest BCUT2D eigenvalue weighted by molar-refractivity contribution is 6.02. The first-order valence-corrected chi connectivity index (χ1v) is 10.8. The minimum Gasteiger partial charge on any atom is -0.325 e. The van der Waals surface area contributed by atoms with E-state index in [2.05, 4.69) is 58.6 Å².